The number of benzene rings is 2. The second kappa shape index (κ2) is 9.26. The van der Waals surface area contributed by atoms with Gasteiger partial charge in [0.15, 0.2) is 0 Å². The summed E-state index contributed by atoms with van der Waals surface area (Å²) in [7, 11) is 0. The molecule has 3 aromatic rings. The van der Waals surface area contributed by atoms with Gasteiger partial charge in [-0.15, -0.1) is 11.8 Å². The number of H-pyrrole nitrogens is 1. The molecule has 0 spiro atoms. The van der Waals surface area contributed by atoms with Gasteiger partial charge in [-0.1, -0.05) is 36.7 Å². The minimum atomic E-state index is -0.240. The molecule has 0 radical (unpaired) electrons. The highest BCUT2D eigenvalue weighted by molar-refractivity contribution is 8.00. The summed E-state index contributed by atoms with van der Waals surface area (Å²) in [5.74, 6) is 0.475. The molecule has 0 saturated heterocycles. The van der Waals surface area contributed by atoms with Crippen molar-refractivity contribution in [1.29, 1.82) is 0 Å². The van der Waals surface area contributed by atoms with Gasteiger partial charge in [-0.25, -0.2) is 4.98 Å². The molecule has 0 aliphatic rings. The van der Waals surface area contributed by atoms with Gasteiger partial charge in [0.25, 0.3) is 5.56 Å². The largest absolute Gasteiger partial charge is 0.334 e. The van der Waals surface area contributed by atoms with Crippen molar-refractivity contribution in [3.63, 3.8) is 0 Å². The number of halogens is 1. The summed E-state index contributed by atoms with van der Waals surface area (Å²) in [6.45, 7) is 4.77. The number of rotatable bonds is 7. The maximum absolute atomic E-state index is 13.0. The molecule has 0 bridgehead atoms. The van der Waals surface area contributed by atoms with E-state index >= 15 is 0 Å². The van der Waals surface area contributed by atoms with Crippen LogP contribution in [0, 0.1) is 0 Å². The Morgan fingerprint density at radius 2 is 2.00 bits per heavy atom. The number of hydrogen-bond donors (Lipinski definition) is 1. The summed E-state index contributed by atoms with van der Waals surface area (Å²) < 4.78 is 0. The van der Waals surface area contributed by atoms with E-state index in [9.17, 15) is 9.59 Å². The molecule has 1 atom stereocenters. The molecule has 3 rings (SSSR count). The van der Waals surface area contributed by atoms with Crippen molar-refractivity contribution in [3.05, 3.63) is 69.7 Å². The predicted molar refractivity (Wildman–Crippen MR) is 115 cm³/mol. The highest BCUT2D eigenvalue weighted by atomic mass is 35.5. The number of carbonyl (C=O) groups is 1. The number of amides is 1. The van der Waals surface area contributed by atoms with E-state index < -0.39 is 0 Å². The van der Waals surface area contributed by atoms with Crippen LogP contribution in [0.1, 0.15) is 26.1 Å². The van der Waals surface area contributed by atoms with Crippen LogP contribution >= 0.6 is 23.4 Å². The third-order valence-corrected chi connectivity index (χ3v) is 5.60. The van der Waals surface area contributed by atoms with E-state index in [1.807, 2.05) is 44.2 Å². The van der Waals surface area contributed by atoms with Crippen molar-refractivity contribution in [1.82, 2.24) is 14.9 Å². The Balaban J connectivity index is 1.81. The molecule has 7 heteroatoms. The van der Waals surface area contributed by atoms with Gasteiger partial charge >= 0.3 is 0 Å². The molecule has 0 saturated carbocycles. The first-order valence-corrected chi connectivity index (χ1v) is 10.4. The maximum Gasteiger partial charge on any atom is 0.258 e. The second-order valence-corrected chi connectivity index (χ2v) is 8.36. The quantitative estimate of drug-likeness (QED) is 0.577. The lowest BCUT2D eigenvalue weighted by molar-refractivity contribution is -0.131. The second-order valence-electron chi connectivity index (χ2n) is 6.51. The molecule has 1 N–H and O–H groups in total. The van der Waals surface area contributed by atoms with E-state index in [-0.39, 0.29) is 23.3 Å². The standard InChI is InChI=1S/C21H22ClN3O2S/c1-3-11-25(21(27)14(2)28-16-7-5-4-6-8-16)13-19-23-18-12-15(22)9-10-17(18)20(26)24-19/h4-10,12,14H,3,11,13H2,1-2H3,(H,23,24,26). The highest BCUT2D eigenvalue weighted by Crippen LogP contribution is 2.24. The zero-order valence-corrected chi connectivity index (χ0v) is 17.4. The zero-order chi connectivity index (χ0) is 20.1. The van der Waals surface area contributed by atoms with E-state index in [1.165, 1.54) is 11.8 Å². The SMILES string of the molecule is CCCN(Cc1nc2cc(Cl)ccc2c(=O)[nH]1)C(=O)C(C)Sc1ccccc1. The Morgan fingerprint density at radius 3 is 2.71 bits per heavy atom. The molecule has 0 aliphatic carbocycles. The molecule has 1 amide bonds. The van der Waals surface area contributed by atoms with Gasteiger partial charge in [0.2, 0.25) is 5.91 Å². The van der Waals surface area contributed by atoms with Gasteiger partial charge in [-0.3, -0.25) is 9.59 Å². The summed E-state index contributed by atoms with van der Waals surface area (Å²) >= 11 is 7.55. The Labute approximate surface area is 173 Å². The van der Waals surface area contributed by atoms with Crippen LogP contribution in [0.25, 0.3) is 10.9 Å². The Bertz CT molecular complexity index is 1020. The number of aromatic amines is 1. The van der Waals surface area contributed by atoms with Crippen LogP contribution in [0.5, 0.6) is 0 Å². The van der Waals surface area contributed by atoms with Crippen molar-refractivity contribution < 1.29 is 4.79 Å². The molecule has 5 nitrogen and oxygen atoms in total. The summed E-state index contributed by atoms with van der Waals surface area (Å²) in [6.07, 6.45) is 0.818. The van der Waals surface area contributed by atoms with Gasteiger partial charge in [0, 0.05) is 16.5 Å². The van der Waals surface area contributed by atoms with Gasteiger partial charge in [-0.05, 0) is 43.7 Å². The molecule has 0 fully saturated rings. The van der Waals surface area contributed by atoms with Crippen molar-refractivity contribution >= 4 is 40.2 Å². The van der Waals surface area contributed by atoms with Crippen molar-refractivity contribution in [2.24, 2.45) is 0 Å². The number of aromatic nitrogens is 2. The minimum Gasteiger partial charge on any atom is -0.334 e. The zero-order valence-electron chi connectivity index (χ0n) is 15.8. The first-order chi connectivity index (χ1) is 13.5. The third kappa shape index (κ3) is 4.94. The number of nitrogens with zero attached hydrogens (tertiary/aromatic N) is 2. The van der Waals surface area contributed by atoms with Crippen LogP contribution < -0.4 is 5.56 Å². The lowest BCUT2D eigenvalue weighted by Crippen LogP contribution is -2.37. The van der Waals surface area contributed by atoms with Crippen LogP contribution in [0.15, 0.2) is 58.2 Å². The van der Waals surface area contributed by atoms with Gasteiger partial charge in [0.1, 0.15) is 5.82 Å². The Kier molecular flexibility index (Phi) is 6.75. The normalized spacial score (nSPS) is 12.1. The number of nitrogens with one attached hydrogen (secondary N) is 1. The third-order valence-electron chi connectivity index (χ3n) is 4.27. The Hall–Kier alpha value is -2.31. The molecule has 1 aromatic heterocycles. The molecule has 0 aliphatic heterocycles. The Morgan fingerprint density at radius 1 is 1.25 bits per heavy atom. The number of thioether (sulfide) groups is 1. The van der Waals surface area contributed by atoms with Crippen LogP contribution in [-0.2, 0) is 11.3 Å². The number of fused-ring (bicyclic) bond motifs is 1. The molecule has 146 valence electrons. The fraction of sp³-hybridized carbons (Fsp3) is 0.286. The van der Waals surface area contributed by atoms with Crippen molar-refractivity contribution in [2.45, 2.75) is 37.0 Å². The average molecular weight is 416 g/mol. The number of carbonyl (C=O) groups excluding carboxylic acids is 1. The van der Waals surface area contributed by atoms with Crippen LogP contribution in [0.4, 0.5) is 0 Å². The average Bonchev–Trinajstić information content (AvgIpc) is 2.67. The molecular weight excluding hydrogens is 394 g/mol. The fourth-order valence-electron chi connectivity index (χ4n) is 2.96. The first kappa shape index (κ1) is 20.4. The lowest BCUT2D eigenvalue weighted by atomic mass is 10.2. The smallest absolute Gasteiger partial charge is 0.258 e. The summed E-state index contributed by atoms with van der Waals surface area (Å²) in [5, 5.41) is 0.760. The van der Waals surface area contributed by atoms with Gasteiger partial charge in [-0.2, -0.15) is 0 Å². The lowest BCUT2D eigenvalue weighted by Gasteiger charge is -2.25. The first-order valence-electron chi connectivity index (χ1n) is 9.17. The minimum absolute atomic E-state index is 0.0181. The van der Waals surface area contributed by atoms with E-state index in [2.05, 4.69) is 9.97 Å². The summed E-state index contributed by atoms with van der Waals surface area (Å²) in [5.41, 5.74) is 0.300. The van der Waals surface area contributed by atoms with Crippen LogP contribution in [0.3, 0.4) is 0 Å². The molecule has 2 aromatic carbocycles. The fourth-order valence-corrected chi connectivity index (χ4v) is 4.10. The summed E-state index contributed by atoms with van der Waals surface area (Å²) in [4.78, 5) is 35.4. The van der Waals surface area contributed by atoms with E-state index in [0.717, 1.165) is 11.3 Å². The van der Waals surface area contributed by atoms with Gasteiger partial charge in [0.05, 0.1) is 22.7 Å². The molecule has 1 heterocycles. The molecule has 1 unspecified atom stereocenters. The van der Waals surface area contributed by atoms with Crippen LogP contribution in [-0.4, -0.2) is 32.6 Å². The van der Waals surface area contributed by atoms with Crippen molar-refractivity contribution in [2.75, 3.05) is 6.54 Å². The maximum atomic E-state index is 13.0. The van der Waals surface area contributed by atoms with Crippen LogP contribution in [0.2, 0.25) is 5.02 Å². The van der Waals surface area contributed by atoms with Crippen molar-refractivity contribution in [3.8, 4) is 0 Å². The molecule has 28 heavy (non-hydrogen) atoms. The van der Waals surface area contributed by atoms with E-state index in [0.29, 0.717) is 28.3 Å². The molecular formula is C21H22ClN3O2S. The predicted octanol–water partition coefficient (Wildman–Crippen LogP) is 4.50. The summed E-state index contributed by atoms with van der Waals surface area (Å²) in [6, 6.07) is 14.8. The van der Waals surface area contributed by atoms with E-state index in [4.69, 9.17) is 11.6 Å². The topological polar surface area (TPSA) is 66.1 Å². The van der Waals surface area contributed by atoms with E-state index in [1.54, 1.807) is 23.1 Å². The van der Waals surface area contributed by atoms with Gasteiger partial charge < -0.3 is 9.88 Å². The highest BCUT2D eigenvalue weighted by Gasteiger charge is 2.22. The monoisotopic (exact) mass is 415 g/mol. The number of hydrogen-bond acceptors (Lipinski definition) is 4.